The van der Waals surface area contributed by atoms with E-state index in [0.29, 0.717) is 0 Å². The summed E-state index contributed by atoms with van der Waals surface area (Å²) in [6.07, 6.45) is -126. The molecule has 21 saturated heterocycles. The maximum Gasteiger partial charge on any atom is 1.00 e. The average Bonchev–Trinajstić information content (AvgIpc) is 0.893. The summed E-state index contributed by atoms with van der Waals surface area (Å²) in [5.74, 6) is 0. The van der Waals surface area contributed by atoms with Crippen molar-refractivity contribution in [3.63, 3.8) is 0 Å². The predicted molar refractivity (Wildman–Crippen MR) is 348 cm³/mol. The molecule has 14 bridgehead atoms. The molecule has 0 aromatic carbocycles. The van der Waals surface area contributed by atoms with Gasteiger partial charge in [0, 0.05) is 0 Å². The first-order valence-electron chi connectivity index (χ1n) is 33.6. The van der Waals surface area contributed by atoms with Crippen molar-refractivity contribution in [1.82, 2.24) is 0 Å². The first-order valence-corrected chi connectivity index (χ1v) is 52.3. The van der Waals surface area contributed by atoms with Gasteiger partial charge in [0.25, 0.3) is 0 Å². The molecule has 21 aliphatic rings. The number of hydrogen-bond acceptors (Lipinski definition) is 77. The van der Waals surface area contributed by atoms with Crippen LogP contribution in [0.15, 0.2) is 0 Å². The number of hydrogen-bond donors (Lipinski definition) is 7. The van der Waals surface area contributed by atoms with Gasteiger partial charge in [-0.3, -0.25) is 58.6 Å². The second-order valence-corrected chi connectivity index (χ2v) is 41.0. The van der Waals surface area contributed by atoms with Crippen LogP contribution >= 0.6 is 0 Å². The van der Waals surface area contributed by atoms with Gasteiger partial charge in [0.05, 0.1) is 46.2 Å². The van der Waals surface area contributed by atoms with E-state index in [1.54, 1.807) is 0 Å². The molecule has 0 aromatic rings. The van der Waals surface area contributed by atoms with Crippen molar-refractivity contribution in [3.8, 4) is 0 Å². The largest absolute Gasteiger partial charge is 1.00 e. The van der Waals surface area contributed by atoms with E-state index in [9.17, 15) is 217 Å². The van der Waals surface area contributed by atoms with Crippen molar-refractivity contribution in [2.24, 2.45) is 0 Å². The molecule has 21 rings (SSSR count). The monoisotopic (exact) mass is 2790 g/mol. The van der Waals surface area contributed by atoms with Crippen LogP contribution in [0.25, 0.3) is 0 Å². The third kappa shape index (κ3) is 63.7. The van der Waals surface area contributed by atoms with Gasteiger partial charge in [0.1, 0.15) is 171 Å². The maximum absolute atomic E-state index is 12.7. The van der Waals surface area contributed by atoms with Gasteiger partial charge < -0.3 is 166 Å². The molecule has 0 aliphatic carbocycles. The molecule has 0 saturated carbocycles. The molecule has 35 atom stereocenters. The zero-order chi connectivity index (χ0) is 101. The normalized spacial score (nSPS) is 35.1. The van der Waals surface area contributed by atoms with E-state index in [0.717, 1.165) is 0 Å². The molecule has 0 radical (unpaired) electrons. The average molecular weight is 2790 g/mol. The Hall–Kier alpha value is 20.2. The third-order valence-electron chi connectivity index (χ3n) is 17.6. The fourth-order valence-electron chi connectivity index (χ4n) is 13.0. The smallest absolute Gasteiger partial charge is 0.726 e. The predicted octanol–water partition coefficient (Wildman–Crippen LogP) is -64.4. The maximum atomic E-state index is 12.7. The van der Waals surface area contributed by atoms with Gasteiger partial charge in [-0.05, 0) is 0 Å². The van der Waals surface area contributed by atoms with Crippen LogP contribution in [-0.2, 0) is 270 Å². The van der Waals surface area contributed by atoms with Gasteiger partial charge in [-0.1, -0.05) is 0 Å². The molecule has 77 nitrogen and oxygen atoms in total. The molecule has 105 heteroatoms. The summed E-state index contributed by atoms with van der Waals surface area (Å²) in [6.45, 7) is -16.6. The summed E-state index contributed by atoms with van der Waals surface area (Å²) in [6, 6.07) is 0. The molecule has 147 heavy (non-hydrogen) atoms. The molecule has 0 amide bonds. The minimum Gasteiger partial charge on any atom is -0.726 e. The Balaban J connectivity index is -0.00000280. The van der Waals surface area contributed by atoms with E-state index in [1.165, 1.54) is 0 Å². The van der Waals surface area contributed by atoms with Crippen molar-refractivity contribution in [2.45, 2.75) is 215 Å². The Morgan fingerprint density at radius 2 is 0.231 bits per heavy atom. The molecule has 21 fully saturated rings. The van der Waals surface area contributed by atoms with E-state index < -0.39 is 407 Å². The zero-order valence-corrected chi connectivity index (χ0v) is 132. The minimum atomic E-state index is -6.89. The minimum absolute atomic E-state index is 0. The Labute approximate surface area is 1430 Å². The van der Waals surface area contributed by atoms with E-state index in [-0.39, 0.29) is 719 Å². The van der Waals surface area contributed by atoms with Crippen molar-refractivity contribution in [3.05, 3.63) is 0 Å². The first kappa shape index (κ1) is 180. The molecule has 784 valence electrons. The van der Waals surface area contributed by atoms with Crippen LogP contribution in [0.4, 0.5) is 0 Å². The van der Waals surface area contributed by atoms with E-state index in [1.807, 2.05) is 0 Å². The fraction of sp³-hybridized carbons (Fsp3) is 1.00. The van der Waals surface area contributed by atoms with Crippen LogP contribution in [0.1, 0.15) is 0 Å². The van der Waals surface area contributed by atoms with Gasteiger partial charge in [0.2, 0.25) is 146 Å². The van der Waals surface area contributed by atoms with Gasteiger partial charge >= 0.3 is 719 Å². The second kappa shape index (κ2) is 76.1. The van der Waals surface area contributed by atoms with Crippen LogP contribution in [0.5, 0.6) is 0 Å². The van der Waals surface area contributed by atoms with Gasteiger partial charge in [0.15, 0.2) is 44.0 Å². The molecule has 0 aromatic heterocycles. The summed E-state index contributed by atoms with van der Waals surface area (Å²) in [7, 11) is -93.6. The summed E-state index contributed by atoms with van der Waals surface area (Å²) in [5.41, 5.74) is 0. The van der Waals surface area contributed by atoms with Gasteiger partial charge in [-0.2, -0.15) is 0 Å². The number of ether oxygens (including phenoxy) is 14. The Morgan fingerprint density at radius 3 is 0.299 bits per heavy atom. The SMILES string of the molecule is O=S(=O)([O-])OC[C@@H]1O[C@@H]2O[C@H]3[C@H](OS(=O)(=O)[O-])[C@H](O)[C@@H](O[C@H]4[C@H](OS(=O)(=O)[O-])[C@H](O)[C@@H](O[C@H]5[C@H](OS(=O)(=O)[O-])[C@H](O)[C@@H](O[C@H]6[C@H](OS(=O)(=O)[O-])[C@H](O)[C@@H](O[C@H]7[C@H](OS(=O)(=O)[O-])[C@H](O)C(O[C@H]8[C@H](OS(=O)(=O)[O-])[C@H](O)C(O[C@H]1[C@H](OS(=O)(=O)[O-])[C@@H]2O)O[C@H]8COS(=O)(=O)[O-])O[C@H]7COS(=O)(=O)[O-])O[C@H]6COS(=O)(=O)[O-])O[C@H]5COS(=O)(=O)[O-])O[C@H]4COS(=O)(=O)[O-])O[C@H]3COS(=O)(=O)[O-].[K+].[K+].[K+].[K+].[K+].[K+].[K+].[K+].[K+].[K+].[K+].[K+].[K+].[K+]. The molecule has 0 spiro atoms. The fourth-order valence-corrected chi connectivity index (χ4v) is 18.6. The van der Waals surface area contributed by atoms with E-state index in [2.05, 4.69) is 58.6 Å². The summed E-state index contributed by atoms with van der Waals surface area (Å²) in [4.78, 5) is 0. The standard InChI is InChI=1S/C42H70O77S14.14K/c43-15-29(113-127(71,72)73)22-8(1-92-120(50,51)52)99-36(15)107-23-9(2-93-121(53,54)55)101-38(17(45)31(23)115-129(77,78)79)109-25-11(4-95-123(59,60)61)103-40(19(47)33(25)117-131(83,84)85)111-27-13(6-97-125(65,66)67)105-42(21(49)35(27)119-133(89,90)91)112-28-14(7-98-126(68,69)70)104-41(20(48)34(28)118-132(86,87)88)110-26-12(5-96-124(62,63)64)102-39(18(46)32(26)116-130(80,81)82)108-24-10(3-94-122(56,57)58)100-37(106-22)16(44)30(24)114-128(74,75)76;;;;;;;;;;;;;;/h8-49H,1-7H2,(H,50,51,52)(H,53,54,55)(H,56,57,58)(H,59,60,61)(H,62,63,64)(H,65,66,67)(H,68,69,70)(H,71,72,73)(H,74,75,76)(H,77,78,79)(H,80,81,82)(H,83,84,85)(H,86,87,88)(H,89,90,91);;;;;;;;;;;;;;/q;14*+1/p-14/t8-,9-,10-,11-,12-,13-,14-,15-,16-,17-,18-,19-,20-,21-,22+,23+,24+,25+,26+,27+,28+,29+,30+,31+,32+,33+,34+,35+,36+,37+,38+,39+,40+,41?,42?;;;;;;;;;;;;;;/m0............../s1. The molecule has 21 heterocycles. The summed E-state index contributed by atoms with van der Waals surface area (Å²) >= 11 is 0. The molecular weight excluding hydrogens is 2730 g/mol. The van der Waals surface area contributed by atoms with E-state index >= 15 is 0 Å². The quantitative estimate of drug-likeness (QED) is 0.0176. The van der Waals surface area contributed by atoms with Crippen molar-refractivity contribution >= 4 is 146 Å². The van der Waals surface area contributed by atoms with Gasteiger partial charge in [-0.25, -0.2) is 118 Å². The van der Waals surface area contributed by atoms with Crippen molar-refractivity contribution in [2.75, 3.05) is 46.2 Å². The number of rotatable bonds is 35. The Bertz CT molecular complexity index is 4810. The van der Waals surface area contributed by atoms with Crippen LogP contribution in [0, 0.1) is 0 Å². The topological polar surface area (TPSA) is 1200 Å². The Kier molecular flexibility index (Phi) is 93.2. The second-order valence-electron chi connectivity index (χ2n) is 26.6. The zero-order valence-electron chi connectivity index (χ0n) is 76.6. The number of aliphatic hydroxyl groups is 7. The van der Waals surface area contributed by atoms with Crippen LogP contribution in [-0.4, -0.2) is 479 Å². The van der Waals surface area contributed by atoms with Gasteiger partial charge in [-0.15, -0.1) is 0 Å². The van der Waals surface area contributed by atoms with Crippen molar-refractivity contribution in [1.29, 1.82) is 0 Å². The van der Waals surface area contributed by atoms with E-state index in [4.69, 9.17) is 66.3 Å². The van der Waals surface area contributed by atoms with Crippen LogP contribution < -0.4 is 719 Å². The van der Waals surface area contributed by atoms with Crippen LogP contribution in [0.3, 0.4) is 0 Å². The molecular formula is C42H56K14O77S14. The molecule has 2 unspecified atom stereocenters. The molecule has 7 N–H and O–H groups in total. The van der Waals surface area contributed by atoms with Crippen LogP contribution in [0.2, 0.25) is 0 Å². The molecule has 21 aliphatic heterocycles. The summed E-state index contributed by atoms with van der Waals surface area (Å²) < 4.78 is 656. The number of aliphatic hydroxyl groups excluding tert-OH is 7. The Morgan fingerprint density at radius 1 is 0.150 bits per heavy atom. The summed E-state index contributed by atoms with van der Waals surface area (Å²) in [5, 5.41) is 84.2. The third-order valence-corrected chi connectivity index (χ3v) is 23.8. The first-order chi connectivity index (χ1) is 60.0. The van der Waals surface area contributed by atoms with Crippen molar-refractivity contribution < 1.29 is 1060 Å².